The molecule has 0 N–H and O–H groups in total. The van der Waals surface area contributed by atoms with Crippen molar-refractivity contribution < 1.29 is 23.3 Å². The van der Waals surface area contributed by atoms with Gasteiger partial charge in [-0.1, -0.05) is 0 Å². The van der Waals surface area contributed by atoms with Crippen molar-refractivity contribution >= 4 is 17.8 Å². The Hall–Kier alpha value is -1.39. The zero-order chi connectivity index (χ0) is 10.9. The second-order valence-electron chi connectivity index (χ2n) is 1.96. The van der Waals surface area contributed by atoms with Crippen LogP contribution in [0.5, 0.6) is 0 Å². The second kappa shape index (κ2) is 2.69. The first kappa shape index (κ1) is 4.48. The molecule has 0 saturated carbocycles. The maximum absolute atomic E-state index is 10.9. The molecule has 1 heterocycles. The Morgan fingerprint density at radius 2 is 2.09 bits per heavy atom. The van der Waals surface area contributed by atoms with Crippen LogP contribution in [0.3, 0.4) is 0 Å². The largest absolute Gasteiger partial charge is 0.331 e. The summed E-state index contributed by atoms with van der Waals surface area (Å²) in [7, 11) is 0. The predicted octanol–water partition coefficient (Wildman–Crippen LogP) is -0.387. The third-order valence-electron chi connectivity index (χ3n) is 1.18. The number of rotatable bonds is 1. The molecule has 1 rings (SSSR count). The molecule has 1 saturated heterocycles. The van der Waals surface area contributed by atoms with Crippen molar-refractivity contribution in [3.05, 3.63) is 0 Å². The van der Waals surface area contributed by atoms with Gasteiger partial charge in [-0.25, -0.2) is 4.79 Å². The van der Waals surface area contributed by atoms with E-state index in [9.17, 15) is 14.4 Å². The molecular formula is C6H7NO4. The first-order valence-corrected chi connectivity index (χ1v) is 2.90. The van der Waals surface area contributed by atoms with Crippen LogP contribution in [0.4, 0.5) is 0 Å². The van der Waals surface area contributed by atoms with E-state index in [0.717, 1.165) is 0 Å². The van der Waals surface area contributed by atoms with Gasteiger partial charge in [0, 0.05) is 23.8 Å². The summed E-state index contributed by atoms with van der Waals surface area (Å²) in [6.45, 7) is -2.97. The summed E-state index contributed by atoms with van der Waals surface area (Å²) in [6, 6.07) is 0. The minimum absolute atomic E-state index is 0.0624. The van der Waals surface area contributed by atoms with Gasteiger partial charge in [-0.05, 0) is 0 Å². The van der Waals surface area contributed by atoms with E-state index in [1.807, 2.05) is 0 Å². The van der Waals surface area contributed by atoms with Crippen molar-refractivity contribution in [3.8, 4) is 0 Å². The van der Waals surface area contributed by atoms with Crippen LogP contribution in [0.15, 0.2) is 0 Å². The zero-order valence-electron chi connectivity index (χ0n) is 8.49. The van der Waals surface area contributed by atoms with E-state index in [0.29, 0.717) is 0 Å². The van der Waals surface area contributed by atoms with Gasteiger partial charge >= 0.3 is 5.97 Å². The lowest BCUT2D eigenvalue weighted by Gasteiger charge is -2.09. The van der Waals surface area contributed by atoms with Crippen molar-refractivity contribution in [1.29, 1.82) is 0 Å². The highest BCUT2D eigenvalue weighted by molar-refractivity contribution is 6.01. The van der Waals surface area contributed by atoms with Crippen molar-refractivity contribution in [1.82, 2.24) is 5.06 Å². The molecule has 0 aliphatic carbocycles. The van der Waals surface area contributed by atoms with Crippen LogP contribution in [-0.4, -0.2) is 22.8 Å². The van der Waals surface area contributed by atoms with Crippen LogP contribution in [0.2, 0.25) is 0 Å². The Morgan fingerprint density at radius 3 is 2.55 bits per heavy atom. The van der Waals surface area contributed by atoms with Gasteiger partial charge in [0.05, 0.1) is 0 Å². The average molecular weight is 163 g/mol. The minimum atomic E-state index is -2.97. The first-order valence-electron chi connectivity index (χ1n) is 4.40. The molecule has 0 unspecified atom stereocenters. The van der Waals surface area contributed by atoms with Crippen LogP contribution >= 0.6 is 0 Å². The monoisotopic (exact) mass is 163 g/mol. The van der Waals surface area contributed by atoms with Gasteiger partial charge in [0.25, 0.3) is 11.8 Å². The van der Waals surface area contributed by atoms with Gasteiger partial charge < -0.3 is 4.84 Å². The number of carbonyl (C=O) groups excluding carboxylic acids is 3. The lowest BCUT2D eigenvalue weighted by molar-refractivity contribution is -0.195. The molecule has 0 atom stereocenters. The Labute approximate surface area is 67.1 Å². The summed E-state index contributed by atoms with van der Waals surface area (Å²) in [6.07, 6.45) is -0.125. The van der Waals surface area contributed by atoms with Crippen molar-refractivity contribution in [2.45, 2.75) is 19.7 Å². The van der Waals surface area contributed by atoms with E-state index >= 15 is 0 Å². The molecule has 0 radical (unpaired) electrons. The number of nitrogens with zero attached hydrogens (tertiary/aromatic N) is 1. The molecule has 60 valence electrons. The van der Waals surface area contributed by atoms with Gasteiger partial charge in [0.2, 0.25) is 0 Å². The molecule has 0 aromatic rings. The SMILES string of the molecule is [3H]C([3H])([3H])C(=O)ON1C(=O)CCC1=O. The molecule has 1 aliphatic heterocycles. The summed E-state index contributed by atoms with van der Waals surface area (Å²) in [5.41, 5.74) is 0. The van der Waals surface area contributed by atoms with Crippen LogP contribution in [0.1, 0.15) is 23.8 Å². The molecule has 2 amide bonds. The normalized spacial score (nSPS) is 22.5. The van der Waals surface area contributed by atoms with E-state index in [-0.39, 0.29) is 17.9 Å². The summed E-state index contributed by atoms with van der Waals surface area (Å²) in [4.78, 5) is 36.7. The van der Waals surface area contributed by atoms with E-state index in [2.05, 4.69) is 4.84 Å². The van der Waals surface area contributed by atoms with Gasteiger partial charge in [-0.2, -0.15) is 0 Å². The summed E-state index contributed by atoms with van der Waals surface area (Å²) in [5, 5.41) is 0.203. The standard InChI is InChI=1S/C6H7NO4/c1-4(8)11-7-5(9)2-3-6(7)10/h2-3H2,1H3/i1T3. The quantitative estimate of drug-likeness (QED) is 0.494. The lowest BCUT2D eigenvalue weighted by Crippen LogP contribution is -2.30. The van der Waals surface area contributed by atoms with E-state index < -0.39 is 24.6 Å². The lowest BCUT2D eigenvalue weighted by atomic mass is 10.4. The summed E-state index contributed by atoms with van der Waals surface area (Å²) in [5.74, 6) is -2.98. The molecular weight excluding hydrogens is 150 g/mol. The molecule has 0 bridgehead atoms. The number of hydrogen-bond donors (Lipinski definition) is 0. The fourth-order valence-electron chi connectivity index (χ4n) is 0.741. The van der Waals surface area contributed by atoms with Gasteiger partial charge in [0.1, 0.15) is 0 Å². The predicted molar refractivity (Wildman–Crippen MR) is 32.9 cm³/mol. The Morgan fingerprint density at radius 1 is 1.55 bits per heavy atom. The Balaban J connectivity index is 2.65. The highest BCUT2D eigenvalue weighted by Gasteiger charge is 2.31. The fourth-order valence-corrected chi connectivity index (χ4v) is 0.741. The third-order valence-corrected chi connectivity index (χ3v) is 1.18. The molecule has 5 heteroatoms. The van der Waals surface area contributed by atoms with Crippen molar-refractivity contribution in [3.63, 3.8) is 0 Å². The van der Waals surface area contributed by atoms with Crippen LogP contribution in [-0.2, 0) is 19.2 Å². The van der Waals surface area contributed by atoms with Crippen LogP contribution in [0.25, 0.3) is 0 Å². The number of hydroxylamine groups is 2. The van der Waals surface area contributed by atoms with E-state index in [4.69, 9.17) is 4.11 Å². The zero-order valence-corrected chi connectivity index (χ0v) is 5.49. The molecule has 1 fully saturated rings. The molecule has 0 aromatic carbocycles. The Bertz CT molecular complexity index is 282. The fraction of sp³-hybridized carbons (Fsp3) is 0.500. The molecule has 0 spiro atoms. The van der Waals surface area contributed by atoms with Crippen molar-refractivity contribution in [2.75, 3.05) is 0 Å². The smallest absolute Gasteiger partial charge is 0.330 e. The van der Waals surface area contributed by atoms with E-state index in [1.54, 1.807) is 0 Å². The third kappa shape index (κ3) is 1.54. The highest BCUT2D eigenvalue weighted by atomic mass is 16.7. The number of hydrogen-bond acceptors (Lipinski definition) is 4. The van der Waals surface area contributed by atoms with Gasteiger partial charge in [-0.3, -0.25) is 9.59 Å². The maximum Gasteiger partial charge on any atom is 0.330 e. The second-order valence-corrected chi connectivity index (χ2v) is 1.96. The molecule has 5 nitrogen and oxygen atoms in total. The minimum Gasteiger partial charge on any atom is -0.331 e. The topological polar surface area (TPSA) is 63.7 Å². The highest BCUT2D eigenvalue weighted by Crippen LogP contribution is 2.11. The summed E-state index contributed by atoms with van der Waals surface area (Å²) < 4.78 is 19.9. The van der Waals surface area contributed by atoms with Gasteiger partial charge in [0.15, 0.2) is 0 Å². The maximum atomic E-state index is 10.9. The van der Waals surface area contributed by atoms with Gasteiger partial charge in [-0.15, -0.1) is 5.06 Å². The van der Waals surface area contributed by atoms with Crippen LogP contribution < -0.4 is 0 Å². The number of carbonyl (C=O) groups is 3. The van der Waals surface area contributed by atoms with Crippen LogP contribution in [0, 0.1) is 0 Å². The first-order chi connectivity index (χ1) is 6.32. The average Bonchev–Trinajstić information content (AvgIpc) is 2.34. The van der Waals surface area contributed by atoms with E-state index in [1.165, 1.54) is 0 Å². The van der Waals surface area contributed by atoms with Crippen molar-refractivity contribution in [2.24, 2.45) is 0 Å². The molecule has 11 heavy (non-hydrogen) atoms. The summed E-state index contributed by atoms with van der Waals surface area (Å²) >= 11 is 0. The molecule has 1 aliphatic rings. The molecule has 0 aromatic heterocycles. The number of imide groups is 1. The number of amides is 2. The Kier molecular flexibility index (Phi) is 1.10.